The number of halogens is 3. The molecule has 1 aromatic rings. The molecule has 1 fully saturated rings. The first kappa shape index (κ1) is 16.3. The first-order valence-corrected chi connectivity index (χ1v) is 6.99. The highest BCUT2D eigenvalue weighted by atomic mass is 19.4. The standard InChI is InChI=1S/C15H17F3N2O2/c1-10(21)19-13(9-20-7-3-6-14(20)22)11-4-2-5-12(8-11)15(16,17)18/h2,4-5,8,13H,3,6-7,9H2,1H3,(H,19,21). The molecule has 0 radical (unpaired) electrons. The summed E-state index contributed by atoms with van der Waals surface area (Å²) in [5, 5.41) is 2.62. The van der Waals surface area contributed by atoms with Gasteiger partial charge in [0.05, 0.1) is 11.6 Å². The van der Waals surface area contributed by atoms with Crippen LogP contribution < -0.4 is 5.32 Å². The van der Waals surface area contributed by atoms with E-state index in [4.69, 9.17) is 0 Å². The Morgan fingerprint density at radius 1 is 1.41 bits per heavy atom. The summed E-state index contributed by atoms with van der Waals surface area (Å²) in [4.78, 5) is 24.6. The zero-order valence-electron chi connectivity index (χ0n) is 12.1. The molecule has 22 heavy (non-hydrogen) atoms. The van der Waals surface area contributed by atoms with E-state index in [0.29, 0.717) is 18.5 Å². The Morgan fingerprint density at radius 2 is 2.14 bits per heavy atom. The van der Waals surface area contributed by atoms with Gasteiger partial charge < -0.3 is 10.2 Å². The van der Waals surface area contributed by atoms with Crippen molar-refractivity contribution < 1.29 is 22.8 Å². The van der Waals surface area contributed by atoms with Crippen LogP contribution in [0, 0.1) is 0 Å². The summed E-state index contributed by atoms with van der Waals surface area (Å²) in [6.07, 6.45) is -3.27. The fourth-order valence-electron chi connectivity index (χ4n) is 2.53. The number of carbonyl (C=O) groups excluding carboxylic acids is 2. The quantitative estimate of drug-likeness (QED) is 0.928. The molecule has 1 heterocycles. The Morgan fingerprint density at radius 3 is 2.68 bits per heavy atom. The zero-order valence-corrected chi connectivity index (χ0v) is 12.1. The third-order valence-corrected chi connectivity index (χ3v) is 3.57. The first-order valence-electron chi connectivity index (χ1n) is 6.99. The summed E-state index contributed by atoms with van der Waals surface area (Å²) in [6.45, 7) is 2.04. The van der Waals surface area contributed by atoms with Gasteiger partial charge in [-0.15, -0.1) is 0 Å². The summed E-state index contributed by atoms with van der Waals surface area (Å²) < 4.78 is 38.4. The summed E-state index contributed by atoms with van der Waals surface area (Å²) in [6, 6.07) is 4.17. The molecule has 4 nitrogen and oxygen atoms in total. The van der Waals surface area contributed by atoms with Gasteiger partial charge in [-0.1, -0.05) is 12.1 Å². The predicted octanol–water partition coefficient (Wildman–Crippen LogP) is 2.51. The van der Waals surface area contributed by atoms with E-state index in [1.165, 1.54) is 19.1 Å². The van der Waals surface area contributed by atoms with Gasteiger partial charge in [-0.05, 0) is 24.1 Å². The van der Waals surface area contributed by atoms with E-state index in [-0.39, 0.29) is 18.4 Å². The molecule has 0 aliphatic carbocycles. The molecule has 1 unspecified atom stereocenters. The second kappa shape index (κ2) is 6.37. The maximum Gasteiger partial charge on any atom is 0.416 e. The number of hydrogen-bond acceptors (Lipinski definition) is 2. The van der Waals surface area contributed by atoms with Crippen LogP contribution >= 0.6 is 0 Å². The average Bonchev–Trinajstić information content (AvgIpc) is 2.82. The molecular weight excluding hydrogens is 297 g/mol. The van der Waals surface area contributed by atoms with Gasteiger partial charge in [-0.3, -0.25) is 9.59 Å². The maximum atomic E-state index is 12.8. The van der Waals surface area contributed by atoms with Crippen LogP contribution in [0.25, 0.3) is 0 Å². The van der Waals surface area contributed by atoms with Crippen molar-refractivity contribution in [3.8, 4) is 0 Å². The number of nitrogens with one attached hydrogen (secondary N) is 1. The van der Waals surface area contributed by atoms with Crippen molar-refractivity contribution in [3.05, 3.63) is 35.4 Å². The number of likely N-dealkylation sites (tertiary alicyclic amines) is 1. The van der Waals surface area contributed by atoms with E-state index < -0.39 is 17.8 Å². The number of carbonyl (C=O) groups is 2. The third-order valence-electron chi connectivity index (χ3n) is 3.57. The minimum absolute atomic E-state index is 0.0395. The third kappa shape index (κ3) is 3.99. The Balaban J connectivity index is 2.25. The monoisotopic (exact) mass is 314 g/mol. The lowest BCUT2D eigenvalue weighted by Gasteiger charge is -2.25. The van der Waals surface area contributed by atoms with Gasteiger partial charge in [-0.2, -0.15) is 13.2 Å². The smallest absolute Gasteiger partial charge is 0.348 e. The van der Waals surface area contributed by atoms with E-state index in [1.807, 2.05) is 0 Å². The highest BCUT2D eigenvalue weighted by Gasteiger charge is 2.32. The fraction of sp³-hybridized carbons (Fsp3) is 0.467. The van der Waals surface area contributed by atoms with E-state index in [1.54, 1.807) is 4.90 Å². The molecular formula is C15H17F3N2O2. The van der Waals surface area contributed by atoms with Crippen LogP contribution in [-0.4, -0.2) is 29.8 Å². The Bertz CT molecular complexity index is 572. The highest BCUT2D eigenvalue weighted by Crippen LogP contribution is 2.31. The Hall–Kier alpha value is -2.05. The van der Waals surface area contributed by atoms with Gasteiger partial charge in [0.15, 0.2) is 0 Å². The minimum Gasteiger partial charge on any atom is -0.348 e. The molecule has 120 valence electrons. The first-order chi connectivity index (χ1) is 10.3. The SMILES string of the molecule is CC(=O)NC(CN1CCCC1=O)c1cccc(C(F)(F)F)c1. The molecule has 1 saturated heterocycles. The Kier molecular flexibility index (Phi) is 4.73. The van der Waals surface area contributed by atoms with Crippen LogP contribution in [0.5, 0.6) is 0 Å². The van der Waals surface area contributed by atoms with Crippen LogP contribution in [0.2, 0.25) is 0 Å². The lowest BCUT2D eigenvalue weighted by Crippen LogP contribution is -2.37. The van der Waals surface area contributed by atoms with E-state index in [0.717, 1.165) is 18.6 Å². The second-order valence-electron chi connectivity index (χ2n) is 5.32. The van der Waals surface area contributed by atoms with E-state index in [9.17, 15) is 22.8 Å². The molecule has 1 aliphatic heterocycles. The van der Waals surface area contributed by atoms with Crippen molar-refractivity contribution in [2.24, 2.45) is 0 Å². The van der Waals surface area contributed by atoms with Gasteiger partial charge in [0.2, 0.25) is 11.8 Å². The minimum atomic E-state index is -4.44. The van der Waals surface area contributed by atoms with Gasteiger partial charge in [-0.25, -0.2) is 0 Å². The fourth-order valence-corrected chi connectivity index (χ4v) is 2.53. The van der Waals surface area contributed by atoms with Gasteiger partial charge in [0, 0.05) is 26.4 Å². The topological polar surface area (TPSA) is 49.4 Å². The van der Waals surface area contributed by atoms with Crippen molar-refractivity contribution in [2.75, 3.05) is 13.1 Å². The zero-order chi connectivity index (χ0) is 16.3. The van der Waals surface area contributed by atoms with Crippen molar-refractivity contribution in [2.45, 2.75) is 32.0 Å². The van der Waals surface area contributed by atoms with Crippen LogP contribution in [0.1, 0.15) is 36.9 Å². The molecule has 2 amide bonds. The van der Waals surface area contributed by atoms with Crippen molar-refractivity contribution >= 4 is 11.8 Å². The molecule has 7 heteroatoms. The number of amides is 2. The van der Waals surface area contributed by atoms with Crippen molar-refractivity contribution in [3.63, 3.8) is 0 Å². The largest absolute Gasteiger partial charge is 0.416 e. The summed E-state index contributed by atoms with van der Waals surface area (Å²) in [5.41, 5.74) is -0.433. The lowest BCUT2D eigenvalue weighted by molar-refractivity contribution is -0.137. The van der Waals surface area contributed by atoms with Crippen LogP contribution in [0.4, 0.5) is 13.2 Å². The van der Waals surface area contributed by atoms with E-state index in [2.05, 4.69) is 5.32 Å². The van der Waals surface area contributed by atoms with Crippen LogP contribution in [0.3, 0.4) is 0 Å². The molecule has 1 aliphatic rings. The van der Waals surface area contributed by atoms with E-state index >= 15 is 0 Å². The highest BCUT2D eigenvalue weighted by molar-refractivity contribution is 5.78. The molecule has 1 atom stereocenters. The van der Waals surface area contributed by atoms with Crippen LogP contribution in [0.15, 0.2) is 24.3 Å². The van der Waals surface area contributed by atoms with Crippen LogP contribution in [-0.2, 0) is 15.8 Å². The van der Waals surface area contributed by atoms with Gasteiger partial charge in [0.1, 0.15) is 0 Å². The number of alkyl halides is 3. The maximum absolute atomic E-state index is 12.8. The number of benzene rings is 1. The summed E-state index contributed by atoms with van der Waals surface area (Å²) in [5.74, 6) is -0.392. The van der Waals surface area contributed by atoms with Gasteiger partial charge in [0.25, 0.3) is 0 Å². The lowest BCUT2D eigenvalue weighted by atomic mass is 10.0. The summed E-state index contributed by atoms with van der Waals surface area (Å²) >= 11 is 0. The molecule has 1 N–H and O–H groups in total. The number of hydrogen-bond donors (Lipinski definition) is 1. The molecule has 1 aromatic carbocycles. The predicted molar refractivity (Wildman–Crippen MR) is 73.8 cm³/mol. The van der Waals surface area contributed by atoms with Crippen molar-refractivity contribution in [1.82, 2.24) is 10.2 Å². The normalized spacial score (nSPS) is 16.7. The van der Waals surface area contributed by atoms with Crippen molar-refractivity contribution in [1.29, 1.82) is 0 Å². The molecule has 0 aromatic heterocycles. The molecule has 0 saturated carbocycles. The molecule has 0 bridgehead atoms. The Labute approximate surface area is 126 Å². The number of rotatable bonds is 4. The summed E-state index contributed by atoms with van der Waals surface area (Å²) in [7, 11) is 0. The second-order valence-corrected chi connectivity index (χ2v) is 5.32. The molecule has 0 spiro atoms. The average molecular weight is 314 g/mol. The molecule has 2 rings (SSSR count). The van der Waals surface area contributed by atoms with Gasteiger partial charge >= 0.3 is 6.18 Å². The number of nitrogens with zero attached hydrogens (tertiary/aromatic N) is 1.